The Hall–Kier alpha value is -4.98. The Labute approximate surface area is 250 Å². The number of nitrogens with zero attached hydrogens (tertiary/aromatic N) is 3. The van der Waals surface area contributed by atoms with Crippen LogP contribution in [-0.2, 0) is 6.61 Å². The molecule has 0 N–H and O–H groups in total. The van der Waals surface area contributed by atoms with E-state index in [0.717, 1.165) is 22.4 Å². The molecule has 0 bridgehead atoms. The van der Waals surface area contributed by atoms with Crippen molar-refractivity contribution in [2.45, 2.75) is 40.2 Å². The molecule has 220 valence electrons. The molecular weight excluding hydrogens is 545 g/mol. The molecule has 1 aromatic heterocycles. The van der Waals surface area contributed by atoms with Crippen LogP contribution in [0.1, 0.15) is 48.9 Å². The number of aryl methyl sites for hydroxylation is 1. The van der Waals surface area contributed by atoms with Crippen molar-refractivity contribution in [3.63, 3.8) is 0 Å². The Morgan fingerprint density at radius 3 is 2.47 bits per heavy atom. The number of methoxy groups -OCH3 is 1. The number of halogens is 1. The summed E-state index contributed by atoms with van der Waals surface area (Å²) < 4.78 is 32.8. The van der Waals surface area contributed by atoms with Crippen LogP contribution in [0.25, 0.3) is 22.3 Å². The second-order valence-electron chi connectivity index (χ2n) is 10.4. The van der Waals surface area contributed by atoms with Gasteiger partial charge in [0.1, 0.15) is 18.2 Å². The number of aromatic nitrogens is 2. The zero-order valence-electron chi connectivity index (χ0n) is 24.9. The van der Waals surface area contributed by atoms with Crippen LogP contribution in [0.5, 0.6) is 17.2 Å². The normalized spacial score (nSPS) is 11.4. The van der Waals surface area contributed by atoms with E-state index in [4.69, 9.17) is 19.2 Å². The molecule has 5 aromatic rings. The van der Waals surface area contributed by atoms with Gasteiger partial charge in [0.05, 0.1) is 30.8 Å². The van der Waals surface area contributed by atoms with E-state index in [1.54, 1.807) is 55.8 Å². The number of hydrogen-bond donors (Lipinski definition) is 0. The average molecular weight is 580 g/mol. The van der Waals surface area contributed by atoms with Gasteiger partial charge in [0.25, 0.3) is 5.56 Å². The quantitative estimate of drug-likeness (QED) is 0.160. The topological polar surface area (TPSA) is 74.9 Å². The van der Waals surface area contributed by atoms with Gasteiger partial charge < -0.3 is 14.2 Å². The van der Waals surface area contributed by atoms with Crippen molar-refractivity contribution in [2.24, 2.45) is 5.10 Å². The molecule has 0 aliphatic carbocycles. The minimum absolute atomic E-state index is 0.0568. The van der Waals surface area contributed by atoms with Gasteiger partial charge in [-0.2, -0.15) is 9.78 Å². The maximum atomic E-state index is 14.1. The first kappa shape index (κ1) is 29.5. The molecule has 7 nitrogen and oxygen atoms in total. The van der Waals surface area contributed by atoms with E-state index in [9.17, 15) is 9.18 Å². The molecule has 0 amide bonds. The summed E-state index contributed by atoms with van der Waals surface area (Å²) in [5.41, 5.74) is 4.13. The molecule has 0 atom stereocenters. The number of para-hydroxylation sites is 1. The maximum Gasteiger partial charge on any atom is 0.282 e. The first-order chi connectivity index (χ1) is 20.8. The third-order valence-electron chi connectivity index (χ3n) is 7.12. The van der Waals surface area contributed by atoms with Gasteiger partial charge >= 0.3 is 0 Å². The van der Waals surface area contributed by atoms with E-state index in [-0.39, 0.29) is 23.9 Å². The lowest BCUT2D eigenvalue weighted by atomic mass is 9.96. The number of hydrogen-bond acceptors (Lipinski definition) is 6. The monoisotopic (exact) mass is 579 g/mol. The first-order valence-corrected chi connectivity index (χ1v) is 14.2. The lowest BCUT2D eigenvalue weighted by Crippen LogP contribution is -2.20. The van der Waals surface area contributed by atoms with Crippen LogP contribution in [0, 0.1) is 12.7 Å². The minimum atomic E-state index is -0.331. The summed E-state index contributed by atoms with van der Waals surface area (Å²) in [6.07, 6.45) is 1.59. The van der Waals surface area contributed by atoms with Crippen LogP contribution >= 0.6 is 0 Å². The number of ether oxygens (including phenoxy) is 3. The maximum absolute atomic E-state index is 14.1. The van der Waals surface area contributed by atoms with Gasteiger partial charge in [0.2, 0.25) is 0 Å². The molecule has 0 unspecified atom stereocenters. The Balaban J connectivity index is 1.57. The van der Waals surface area contributed by atoms with E-state index in [0.29, 0.717) is 46.0 Å². The molecule has 0 saturated carbocycles. The fourth-order valence-electron chi connectivity index (χ4n) is 4.86. The zero-order valence-corrected chi connectivity index (χ0v) is 24.9. The molecule has 5 rings (SSSR count). The number of rotatable bonds is 10. The SMILES string of the molecule is CCOc1cc(C=Nn2c(-c3cc(C(C)C)c(OC)cc3C)nc3ccccc3c2=O)ccc1OCc1ccccc1F. The van der Waals surface area contributed by atoms with Gasteiger partial charge in [0, 0.05) is 11.1 Å². The molecule has 0 spiro atoms. The lowest BCUT2D eigenvalue weighted by molar-refractivity contribution is 0.266. The second-order valence-corrected chi connectivity index (χ2v) is 10.4. The molecule has 0 radical (unpaired) electrons. The van der Waals surface area contributed by atoms with Crippen molar-refractivity contribution in [3.8, 4) is 28.6 Å². The van der Waals surface area contributed by atoms with Crippen molar-refractivity contribution >= 4 is 17.1 Å². The fourth-order valence-corrected chi connectivity index (χ4v) is 4.86. The van der Waals surface area contributed by atoms with E-state index in [2.05, 4.69) is 18.9 Å². The highest BCUT2D eigenvalue weighted by atomic mass is 19.1. The van der Waals surface area contributed by atoms with Crippen LogP contribution in [0.3, 0.4) is 0 Å². The molecule has 1 heterocycles. The van der Waals surface area contributed by atoms with Crippen LogP contribution in [-0.4, -0.2) is 29.6 Å². The largest absolute Gasteiger partial charge is 0.496 e. The highest BCUT2D eigenvalue weighted by Gasteiger charge is 2.18. The highest BCUT2D eigenvalue weighted by molar-refractivity contribution is 5.83. The van der Waals surface area contributed by atoms with Crippen molar-refractivity contribution in [1.29, 1.82) is 0 Å². The Bertz CT molecular complexity index is 1860. The summed E-state index contributed by atoms with van der Waals surface area (Å²) in [6.45, 7) is 8.48. The molecule has 43 heavy (non-hydrogen) atoms. The Morgan fingerprint density at radius 1 is 0.953 bits per heavy atom. The lowest BCUT2D eigenvalue weighted by Gasteiger charge is -2.17. The van der Waals surface area contributed by atoms with Crippen LogP contribution < -0.4 is 19.8 Å². The van der Waals surface area contributed by atoms with Crippen LogP contribution in [0.2, 0.25) is 0 Å². The molecule has 0 aliphatic heterocycles. The third-order valence-corrected chi connectivity index (χ3v) is 7.12. The summed E-state index contributed by atoms with van der Waals surface area (Å²) in [5.74, 6) is 2.03. The van der Waals surface area contributed by atoms with Gasteiger partial charge in [-0.1, -0.05) is 44.2 Å². The highest BCUT2D eigenvalue weighted by Crippen LogP contribution is 2.34. The van der Waals surface area contributed by atoms with Gasteiger partial charge in [-0.3, -0.25) is 4.79 Å². The van der Waals surface area contributed by atoms with E-state index in [1.165, 1.54) is 10.7 Å². The first-order valence-electron chi connectivity index (χ1n) is 14.2. The smallest absolute Gasteiger partial charge is 0.282 e. The van der Waals surface area contributed by atoms with Gasteiger partial charge in [0.15, 0.2) is 17.3 Å². The van der Waals surface area contributed by atoms with Crippen molar-refractivity contribution in [2.75, 3.05) is 13.7 Å². The van der Waals surface area contributed by atoms with Crippen molar-refractivity contribution in [1.82, 2.24) is 9.66 Å². The molecular formula is C35H34FN3O4. The van der Waals surface area contributed by atoms with Crippen molar-refractivity contribution in [3.05, 3.63) is 117 Å². The molecule has 4 aromatic carbocycles. The van der Waals surface area contributed by atoms with Crippen LogP contribution in [0.15, 0.2) is 88.8 Å². The summed E-state index contributed by atoms with van der Waals surface area (Å²) in [5, 5.41) is 5.10. The van der Waals surface area contributed by atoms with Gasteiger partial charge in [-0.15, -0.1) is 0 Å². The summed E-state index contributed by atoms with van der Waals surface area (Å²) in [4.78, 5) is 18.7. The predicted octanol–water partition coefficient (Wildman–Crippen LogP) is 7.50. The van der Waals surface area contributed by atoms with Crippen LogP contribution in [0.4, 0.5) is 4.39 Å². The van der Waals surface area contributed by atoms with Gasteiger partial charge in [-0.05, 0) is 85.0 Å². The van der Waals surface area contributed by atoms with E-state index < -0.39 is 0 Å². The van der Waals surface area contributed by atoms with E-state index in [1.807, 2.05) is 44.2 Å². The molecule has 0 fully saturated rings. The number of fused-ring (bicyclic) bond motifs is 1. The average Bonchev–Trinajstić information content (AvgIpc) is 3.00. The summed E-state index contributed by atoms with van der Waals surface area (Å²) >= 11 is 0. The Morgan fingerprint density at radius 2 is 1.72 bits per heavy atom. The zero-order chi connectivity index (χ0) is 30.5. The molecule has 0 saturated heterocycles. The van der Waals surface area contributed by atoms with Gasteiger partial charge in [-0.25, -0.2) is 9.37 Å². The summed E-state index contributed by atoms with van der Waals surface area (Å²) in [7, 11) is 1.65. The summed E-state index contributed by atoms with van der Waals surface area (Å²) in [6, 6.07) is 23.0. The molecule has 8 heteroatoms. The fraction of sp³-hybridized carbons (Fsp3) is 0.229. The molecule has 0 aliphatic rings. The third kappa shape index (κ3) is 6.28. The predicted molar refractivity (Wildman–Crippen MR) is 168 cm³/mol. The van der Waals surface area contributed by atoms with E-state index >= 15 is 0 Å². The standard InChI is InChI=1S/C35H34FN3O4/c1-6-42-33-18-24(15-16-31(33)43-21-25-11-7-9-13-29(25)36)20-37-39-34(38-30-14-10-8-12-26(30)35(39)40)28-19-27(22(2)3)32(41-5)17-23(28)4/h7-20,22H,6,21H2,1-5H3. The van der Waals surface area contributed by atoms with Crippen molar-refractivity contribution < 1.29 is 18.6 Å². The Kier molecular flexibility index (Phi) is 8.85. The number of benzene rings is 4. The minimum Gasteiger partial charge on any atom is -0.496 e. The second kappa shape index (κ2) is 12.9.